The number of aromatic nitrogens is 1. The molecule has 0 aliphatic carbocycles. The molecule has 3 nitrogen and oxygen atoms in total. The standard InChI is InChI=1S/C9H7ClF2N2O/c10-4-5-3-7(15)6(1-2-13)14-8(5)9(11)12/h3,9,15H,1,4H2. The average Bonchev–Trinajstić information content (AvgIpc) is 2.20. The third-order valence-electron chi connectivity index (χ3n) is 1.79. The lowest BCUT2D eigenvalue weighted by atomic mass is 10.1. The van der Waals surface area contributed by atoms with Gasteiger partial charge in [-0.1, -0.05) is 0 Å². The van der Waals surface area contributed by atoms with Crippen molar-refractivity contribution >= 4 is 11.6 Å². The summed E-state index contributed by atoms with van der Waals surface area (Å²) < 4.78 is 25.0. The highest BCUT2D eigenvalue weighted by Crippen LogP contribution is 2.27. The Hall–Kier alpha value is -1.41. The fraction of sp³-hybridized carbons (Fsp3) is 0.333. The summed E-state index contributed by atoms with van der Waals surface area (Å²) in [4.78, 5) is 3.53. The smallest absolute Gasteiger partial charge is 0.280 e. The van der Waals surface area contributed by atoms with Crippen molar-refractivity contribution in [1.82, 2.24) is 4.98 Å². The van der Waals surface area contributed by atoms with Crippen LogP contribution < -0.4 is 0 Å². The van der Waals surface area contributed by atoms with E-state index in [1.54, 1.807) is 6.07 Å². The third-order valence-corrected chi connectivity index (χ3v) is 2.08. The van der Waals surface area contributed by atoms with Crippen molar-refractivity contribution in [2.75, 3.05) is 0 Å². The SMILES string of the molecule is N#CCc1nc(C(F)F)c(CCl)cc1O. The summed E-state index contributed by atoms with van der Waals surface area (Å²) in [6.45, 7) is 0. The highest BCUT2D eigenvalue weighted by Gasteiger charge is 2.17. The monoisotopic (exact) mass is 232 g/mol. The Labute approximate surface area is 89.9 Å². The van der Waals surface area contributed by atoms with Crippen LogP contribution in [-0.4, -0.2) is 10.1 Å². The number of nitriles is 1. The number of aromatic hydroxyl groups is 1. The molecule has 0 aliphatic heterocycles. The van der Waals surface area contributed by atoms with Gasteiger partial charge >= 0.3 is 0 Å². The van der Waals surface area contributed by atoms with Gasteiger partial charge in [-0.15, -0.1) is 11.6 Å². The maximum absolute atomic E-state index is 12.5. The fourth-order valence-electron chi connectivity index (χ4n) is 1.10. The van der Waals surface area contributed by atoms with Gasteiger partial charge in [0.1, 0.15) is 11.4 Å². The van der Waals surface area contributed by atoms with Crippen LogP contribution in [0, 0.1) is 11.3 Å². The Bertz CT molecular complexity index is 404. The minimum Gasteiger partial charge on any atom is -0.506 e. The van der Waals surface area contributed by atoms with Crippen LogP contribution in [0.3, 0.4) is 0 Å². The van der Waals surface area contributed by atoms with Crippen molar-refractivity contribution in [2.45, 2.75) is 18.7 Å². The van der Waals surface area contributed by atoms with Gasteiger partial charge in [0.05, 0.1) is 18.2 Å². The van der Waals surface area contributed by atoms with Gasteiger partial charge < -0.3 is 5.11 Å². The van der Waals surface area contributed by atoms with Gasteiger partial charge in [-0.05, 0) is 11.6 Å². The zero-order valence-electron chi connectivity index (χ0n) is 7.54. The van der Waals surface area contributed by atoms with Gasteiger partial charge in [0.15, 0.2) is 0 Å². The van der Waals surface area contributed by atoms with E-state index >= 15 is 0 Å². The normalized spacial score (nSPS) is 10.3. The topological polar surface area (TPSA) is 56.9 Å². The number of hydrogen-bond donors (Lipinski definition) is 1. The van der Waals surface area contributed by atoms with Crippen LogP contribution in [0.4, 0.5) is 8.78 Å². The molecule has 0 aromatic carbocycles. The predicted molar refractivity (Wildman–Crippen MR) is 49.7 cm³/mol. The van der Waals surface area contributed by atoms with Crippen molar-refractivity contribution in [3.8, 4) is 11.8 Å². The van der Waals surface area contributed by atoms with E-state index in [1.165, 1.54) is 0 Å². The van der Waals surface area contributed by atoms with Gasteiger partial charge in [-0.2, -0.15) is 5.26 Å². The van der Waals surface area contributed by atoms with Gasteiger partial charge in [0, 0.05) is 5.88 Å². The van der Waals surface area contributed by atoms with Crippen molar-refractivity contribution < 1.29 is 13.9 Å². The quantitative estimate of drug-likeness (QED) is 0.815. The molecular weight excluding hydrogens is 226 g/mol. The van der Waals surface area contributed by atoms with Gasteiger partial charge in [0.2, 0.25) is 0 Å². The van der Waals surface area contributed by atoms with Gasteiger partial charge in [0.25, 0.3) is 6.43 Å². The molecule has 1 rings (SSSR count). The largest absolute Gasteiger partial charge is 0.506 e. The molecule has 0 unspecified atom stereocenters. The lowest BCUT2D eigenvalue weighted by molar-refractivity contribution is 0.144. The second kappa shape index (κ2) is 4.89. The van der Waals surface area contributed by atoms with E-state index in [0.717, 1.165) is 6.07 Å². The van der Waals surface area contributed by atoms with E-state index in [9.17, 15) is 13.9 Å². The van der Waals surface area contributed by atoms with E-state index in [-0.39, 0.29) is 29.3 Å². The van der Waals surface area contributed by atoms with E-state index in [0.29, 0.717) is 0 Å². The number of pyridine rings is 1. The first-order valence-electron chi connectivity index (χ1n) is 4.02. The summed E-state index contributed by atoms with van der Waals surface area (Å²) >= 11 is 5.43. The van der Waals surface area contributed by atoms with Crippen molar-refractivity contribution in [3.05, 3.63) is 23.0 Å². The van der Waals surface area contributed by atoms with Crippen molar-refractivity contribution in [1.29, 1.82) is 5.26 Å². The Balaban J connectivity index is 3.25. The first-order chi connectivity index (χ1) is 7.10. The van der Waals surface area contributed by atoms with Crippen LogP contribution in [-0.2, 0) is 12.3 Å². The lowest BCUT2D eigenvalue weighted by Crippen LogP contribution is -2.01. The van der Waals surface area contributed by atoms with E-state index < -0.39 is 12.1 Å². The molecule has 1 N–H and O–H groups in total. The molecule has 1 heterocycles. The zero-order valence-corrected chi connectivity index (χ0v) is 8.30. The molecule has 1 aromatic heterocycles. The molecule has 0 spiro atoms. The predicted octanol–water partition coefficient (Wildman–Crippen LogP) is 2.53. The van der Waals surface area contributed by atoms with Crippen LogP contribution in [0.25, 0.3) is 0 Å². The summed E-state index contributed by atoms with van der Waals surface area (Å²) in [6.07, 6.45) is -2.98. The molecule has 0 amide bonds. The lowest BCUT2D eigenvalue weighted by Gasteiger charge is -2.08. The maximum atomic E-state index is 12.5. The highest BCUT2D eigenvalue weighted by atomic mass is 35.5. The molecule has 0 fully saturated rings. The summed E-state index contributed by atoms with van der Waals surface area (Å²) in [5.74, 6) is -0.441. The Morgan fingerprint density at radius 3 is 2.73 bits per heavy atom. The molecule has 0 atom stereocenters. The minimum absolute atomic E-state index is 0.0540. The first kappa shape index (κ1) is 11.7. The zero-order chi connectivity index (χ0) is 11.4. The minimum atomic E-state index is -2.77. The van der Waals surface area contributed by atoms with Gasteiger partial charge in [-0.3, -0.25) is 0 Å². The molecule has 0 saturated carbocycles. The molecule has 0 radical (unpaired) electrons. The van der Waals surface area contributed by atoms with Crippen LogP contribution in [0.15, 0.2) is 6.07 Å². The van der Waals surface area contributed by atoms with Crippen LogP contribution in [0.5, 0.6) is 5.75 Å². The summed E-state index contributed by atoms with van der Waals surface area (Å²) in [6, 6.07) is 2.85. The average molecular weight is 233 g/mol. The second-order valence-electron chi connectivity index (χ2n) is 2.77. The molecule has 0 bridgehead atoms. The molecule has 0 aliphatic rings. The number of halogens is 3. The summed E-state index contributed by atoms with van der Waals surface area (Å²) in [5, 5.41) is 17.7. The van der Waals surface area contributed by atoms with Crippen LogP contribution in [0.1, 0.15) is 23.4 Å². The third kappa shape index (κ3) is 2.54. The highest BCUT2D eigenvalue weighted by molar-refractivity contribution is 6.17. The van der Waals surface area contributed by atoms with E-state index in [1.807, 2.05) is 0 Å². The van der Waals surface area contributed by atoms with Gasteiger partial charge in [-0.25, -0.2) is 13.8 Å². The summed E-state index contributed by atoms with van der Waals surface area (Å²) in [7, 11) is 0. The number of rotatable bonds is 3. The number of hydrogen-bond acceptors (Lipinski definition) is 3. The fourth-order valence-corrected chi connectivity index (χ4v) is 1.31. The molecular formula is C9H7ClF2N2O. The van der Waals surface area contributed by atoms with Crippen LogP contribution >= 0.6 is 11.6 Å². The molecule has 80 valence electrons. The molecule has 1 aromatic rings. The Morgan fingerprint density at radius 1 is 1.60 bits per heavy atom. The van der Waals surface area contributed by atoms with E-state index in [4.69, 9.17) is 16.9 Å². The number of alkyl halides is 3. The first-order valence-corrected chi connectivity index (χ1v) is 4.56. The Kier molecular flexibility index (Phi) is 3.81. The molecule has 15 heavy (non-hydrogen) atoms. The maximum Gasteiger partial charge on any atom is 0.280 e. The van der Waals surface area contributed by atoms with E-state index in [2.05, 4.69) is 4.98 Å². The Morgan fingerprint density at radius 2 is 2.27 bits per heavy atom. The van der Waals surface area contributed by atoms with Crippen molar-refractivity contribution in [2.24, 2.45) is 0 Å². The second-order valence-corrected chi connectivity index (χ2v) is 3.04. The van der Waals surface area contributed by atoms with Crippen LogP contribution in [0.2, 0.25) is 0 Å². The summed E-state index contributed by atoms with van der Waals surface area (Å²) in [5.41, 5.74) is -0.458. The molecule has 6 heteroatoms. The molecule has 0 saturated heterocycles. The number of nitrogens with zero attached hydrogens (tertiary/aromatic N) is 2. The van der Waals surface area contributed by atoms with Crippen molar-refractivity contribution in [3.63, 3.8) is 0 Å².